The van der Waals surface area contributed by atoms with Gasteiger partial charge in [0.05, 0.1) is 24.4 Å². The van der Waals surface area contributed by atoms with Gasteiger partial charge in [0.15, 0.2) is 0 Å². The quantitative estimate of drug-likeness (QED) is 0.727. The number of likely N-dealkylation sites (N-methyl/N-ethyl adjacent to an activating group) is 1. The zero-order valence-electron chi connectivity index (χ0n) is 12.8. The summed E-state index contributed by atoms with van der Waals surface area (Å²) in [5, 5.41) is 0. The Hall–Kier alpha value is -0.160. The lowest BCUT2D eigenvalue weighted by atomic mass is 9.80. The fraction of sp³-hybridized carbons (Fsp3) is 1.00. The minimum Gasteiger partial charge on any atom is -0.377 e. The zero-order chi connectivity index (χ0) is 13.6. The molecule has 0 bridgehead atoms. The van der Waals surface area contributed by atoms with Crippen LogP contribution in [0.5, 0.6) is 0 Å². The molecule has 0 aromatic heterocycles. The van der Waals surface area contributed by atoms with E-state index in [1.165, 1.54) is 58.2 Å². The van der Waals surface area contributed by atoms with Crippen molar-refractivity contribution < 1.29 is 9.47 Å². The van der Waals surface area contributed by atoms with Crippen LogP contribution in [0.3, 0.4) is 0 Å². The van der Waals surface area contributed by atoms with Crippen molar-refractivity contribution >= 4 is 0 Å². The maximum Gasteiger partial charge on any atom is 0.0707 e. The van der Waals surface area contributed by atoms with Crippen molar-refractivity contribution in [2.45, 2.75) is 55.7 Å². The summed E-state index contributed by atoms with van der Waals surface area (Å²) >= 11 is 0. The van der Waals surface area contributed by atoms with Crippen LogP contribution in [0, 0.1) is 0 Å². The van der Waals surface area contributed by atoms with E-state index in [4.69, 9.17) is 9.47 Å². The van der Waals surface area contributed by atoms with Gasteiger partial charge in [0, 0.05) is 32.3 Å². The van der Waals surface area contributed by atoms with Gasteiger partial charge >= 0.3 is 0 Å². The van der Waals surface area contributed by atoms with Crippen molar-refractivity contribution in [2.24, 2.45) is 0 Å². The minimum absolute atomic E-state index is 0.263. The SMILES string of the molecule is CN1CC[C@H](N2CCC3(CCCO3)CC2)CC12COC2. The summed E-state index contributed by atoms with van der Waals surface area (Å²) in [4.78, 5) is 5.29. The molecule has 4 aliphatic heterocycles. The monoisotopic (exact) mass is 280 g/mol. The van der Waals surface area contributed by atoms with E-state index < -0.39 is 0 Å². The molecule has 0 saturated carbocycles. The Morgan fingerprint density at radius 3 is 2.45 bits per heavy atom. The van der Waals surface area contributed by atoms with Crippen molar-refractivity contribution in [1.29, 1.82) is 0 Å². The van der Waals surface area contributed by atoms with E-state index in [9.17, 15) is 0 Å². The topological polar surface area (TPSA) is 24.9 Å². The summed E-state index contributed by atoms with van der Waals surface area (Å²) in [6, 6.07) is 0.772. The van der Waals surface area contributed by atoms with Gasteiger partial charge in [0.2, 0.25) is 0 Å². The van der Waals surface area contributed by atoms with Crippen molar-refractivity contribution in [1.82, 2.24) is 9.80 Å². The summed E-state index contributed by atoms with van der Waals surface area (Å²) < 4.78 is 11.6. The molecule has 4 heteroatoms. The molecule has 0 aromatic carbocycles. The van der Waals surface area contributed by atoms with Gasteiger partial charge in [-0.2, -0.15) is 0 Å². The molecular formula is C16H28N2O2. The van der Waals surface area contributed by atoms with Crippen molar-refractivity contribution in [3.63, 3.8) is 0 Å². The Kier molecular flexibility index (Phi) is 3.33. The lowest BCUT2D eigenvalue weighted by Crippen LogP contribution is -2.67. The van der Waals surface area contributed by atoms with Crippen molar-refractivity contribution in [3.05, 3.63) is 0 Å². The predicted molar refractivity (Wildman–Crippen MR) is 77.9 cm³/mol. The smallest absolute Gasteiger partial charge is 0.0707 e. The van der Waals surface area contributed by atoms with Crippen molar-refractivity contribution in [3.8, 4) is 0 Å². The second kappa shape index (κ2) is 4.94. The number of piperidine rings is 2. The van der Waals surface area contributed by atoms with Crippen LogP contribution in [-0.4, -0.2) is 73.5 Å². The summed E-state index contributed by atoms with van der Waals surface area (Å²) in [6.07, 6.45) is 7.70. The van der Waals surface area contributed by atoms with Crippen LogP contribution in [0.2, 0.25) is 0 Å². The third-order valence-electron chi connectivity index (χ3n) is 6.38. The predicted octanol–water partition coefficient (Wildman–Crippen LogP) is 1.49. The van der Waals surface area contributed by atoms with Crippen LogP contribution >= 0.6 is 0 Å². The highest BCUT2D eigenvalue weighted by atomic mass is 16.5. The molecule has 4 saturated heterocycles. The van der Waals surface area contributed by atoms with Gasteiger partial charge in [0.25, 0.3) is 0 Å². The average molecular weight is 280 g/mol. The van der Waals surface area contributed by atoms with Crippen LogP contribution in [0.15, 0.2) is 0 Å². The van der Waals surface area contributed by atoms with Gasteiger partial charge in [0.1, 0.15) is 0 Å². The standard InChI is InChI=1S/C16H28N2O2/c1-17-7-3-14(11-15(17)12-19-13-15)18-8-5-16(6-9-18)4-2-10-20-16/h14H,2-13H2,1H3/t14-/m0/s1. The first-order valence-corrected chi connectivity index (χ1v) is 8.39. The van der Waals surface area contributed by atoms with Crippen LogP contribution in [0.25, 0.3) is 0 Å². The van der Waals surface area contributed by atoms with Gasteiger partial charge in [-0.25, -0.2) is 0 Å². The Labute approximate surface area is 122 Å². The first-order valence-electron chi connectivity index (χ1n) is 8.39. The Morgan fingerprint density at radius 2 is 1.85 bits per heavy atom. The lowest BCUT2D eigenvalue weighted by Gasteiger charge is -2.55. The van der Waals surface area contributed by atoms with Gasteiger partial charge < -0.3 is 14.4 Å². The molecule has 4 heterocycles. The fourth-order valence-electron chi connectivity index (χ4n) is 4.71. The van der Waals surface area contributed by atoms with E-state index in [0.29, 0.717) is 5.54 Å². The Morgan fingerprint density at radius 1 is 1.05 bits per heavy atom. The van der Waals surface area contributed by atoms with E-state index >= 15 is 0 Å². The molecule has 4 rings (SSSR count). The summed E-state index contributed by atoms with van der Waals surface area (Å²) in [5.74, 6) is 0. The first kappa shape index (κ1) is 13.5. The molecular weight excluding hydrogens is 252 g/mol. The van der Waals surface area contributed by atoms with E-state index in [0.717, 1.165) is 25.9 Å². The second-order valence-electron chi connectivity index (χ2n) is 7.46. The highest BCUT2D eigenvalue weighted by Gasteiger charge is 2.48. The summed E-state index contributed by atoms with van der Waals surface area (Å²) in [6.45, 7) is 6.60. The van der Waals surface area contributed by atoms with E-state index in [1.807, 2.05) is 0 Å². The highest BCUT2D eigenvalue weighted by Crippen LogP contribution is 2.40. The average Bonchev–Trinajstić information content (AvgIpc) is 2.87. The molecule has 4 aliphatic rings. The molecule has 0 aliphatic carbocycles. The van der Waals surface area contributed by atoms with Gasteiger partial charge in [-0.05, 0) is 45.6 Å². The molecule has 0 amide bonds. The normalized spacial score (nSPS) is 37.4. The molecule has 2 spiro atoms. The number of nitrogens with zero attached hydrogens (tertiary/aromatic N) is 2. The second-order valence-corrected chi connectivity index (χ2v) is 7.46. The van der Waals surface area contributed by atoms with E-state index in [1.54, 1.807) is 0 Å². The maximum atomic E-state index is 6.05. The van der Waals surface area contributed by atoms with E-state index in [2.05, 4.69) is 16.8 Å². The third-order valence-corrected chi connectivity index (χ3v) is 6.38. The van der Waals surface area contributed by atoms with Gasteiger partial charge in [-0.3, -0.25) is 4.90 Å². The number of likely N-dealkylation sites (tertiary alicyclic amines) is 2. The highest BCUT2D eigenvalue weighted by molar-refractivity contribution is 5.03. The Bertz CT molecular complexity index is 353. The molecule has 20 heavy (non-hydrogen) atoms. The van der Waals surface area contributed by atoms with E-state index in [-0.39, 0.29) is 5.60 Å². The van der Waals surface area contributed by atoms with Crippen LogP contribution in [0.1, 0.15) is 38.5 Å². The summed E-state index contributed by atoms with van der Waals surface area (Å²) in [5.41, 5.74) is 0.626. The number of ether oxygens (including phenoxy) is 2. The molecule has 114 valence electrons. The number of hydrogen-bond donors (Lipinski definition) is 0. The van der Waals surface area contributed by atoms with Crippen molar-refractivity contribution in [2.75, 3.05) is 46.5 Å². The molecule has 4 fully saturated rings. The zero-order valence-corrected chi connectivity index (χ0v) is 12.8. The molecule has 4 nitrogen and oxygen atoms in total. The molecule has 0 N–H and O–H groups in total. The van der Waals surface area contributed by atoms with Gasteiger partial charge in [-0.1, -0.05) is 0 Å². The lowest BCUT2D eigenvalue weighted by molar-refractivity contribution is -0.163. The third kappa shape index (κ3) is 2.12. The molecule has 0 aromatic rings. The molecule has 0 unspecified atom stereocenters. The minimum atomic E-state index is 0.263. The molecule has 1 atom stereocenters. The Balaban J connectivity index is 1.37. The largest absolute Gasteiger partial charge is 0.377 e. The number of hydrogen-bond acceptors (Lipinski definition) is 4. The molecule has 0 radical (unpaired) electrons. The maximum absolute atomic E-state index is 6.05. The van der Waals surface area contributed by atoms with Crippen LogP contribution in [-0.2, 0) is 9.47 Å². The van der Waals surface area contributed by atoms with Crippen LogP contribution < -0.4 is 0 Å². The first-order chi connectivity index (χ1) is 9.72. The number of rotatable bonds is 1. The summed E-state index contributed by atoms with van der Waals surface area (Å²) in [7, 11) is 2.27. The van der Waals surface area contributed by atoms with Gasteiger partial charge in [-0.15, -0.1) is 0 Å². The fourth-order valence-corrected chi connectivity index (χ4v) is 4.71. The van der Waals surface area contributed by atoms with Crippen LogP contribution in [0.4, 0.5) is 0 Å².